The lowest BCUT2D eigenvalue weighted by Crippen LogP contribution is -2.07. The highest BCUT2D eigenvalue weighted by Gasteiger charge is 2.20. The minimum Gasteiger partial charge on any atom is -0.383 e. The van der Waals surface area contributed by atoms with Gasteiger partial charge in [-0.25, -0.2) is 0 Å². The largest absolute Gasteiger partial charge is 0.383 e. The van der Waals surface area contributed by atoms with Crippen molar-refractivity contribution in [1.82, 2.24) is 4.98 Å². The average molecular weight is 297 g/mol. The molecule has 0 saturated carbocycles. The Kier molecular flexibility index (Phi) is 3.56. The highest BCUT2D eigenvalue weighted by Crippen LogP contribution is 2.36. The Bertz CT molecular complexity index is 765. The van der Waals surface area contributed by atoms with Gasteiger partial charge < -0.3 is 5.11 Å². The molecule has 0 spiro atoms. The van der Waals surface area contributed by atoms with Crippen LogP contribution in [0.3, 0.4) is 0 Å². The number of para-hydroxylation sites is 1. The van der Waals surface area contributed by atoms with Gasteiger partial charge in [0, 0.05) is 26.9 Å². The number of pyridine rings is 1. The Labute approximate surface area is 129 Å². The Morgan fingerprint density at radius 1 is 1.05 bits per heavy atom. The Hall–Kier alpha value is -1.71. The molecule has 0 amide bonds. The first kappa shape index (κ1) is 14.2. The summed E-state index contributed by atoms with van der Waals surface area (Å²) in [5.74, 6) is 0. The second kappa shape index (κ2) is 5.24. The van der Waals surface area contributed by atoms with Crippen LogP contribution in [0.2, 0.25) is 0 Å². The zero-order valence-corrected chi connectivity index (χ0v) is 13.3. The van der Waals surface area contributed by atoms with Gasteiger partial charge in [-0.3, -0.25) is 4.98 Å². The number of benzene rings is 1. The number of thiophene rings is 1. The minimum atomic E-state index is -0.621. The summed E-state index contributed by atoms with van der Waals surface area (Å²) in [5, 5.41) is 11.8. The number of hydrogen-bond donors (Lipinski definition) is 1. The molecule has 0 aliphatic heterocycles. The molecular weight excluding hydrogens is 278 g/mol. The fraction of sp³-hybridized carbons (Fsp3) is 0.278. The van der Waals surface area contributed by atoms with E-state index in [2.05, 4.69) is 31.8 Å². The highest BCUT2D eigenvalue weighted by atomic mass is 32.1. The van der Waals surface area contributed by atoms with Crippen molar-refractivity contribution < 1.29 is 5.11 Å². The van der Waals surface area contributed by atoms with E-state index in [-0.39, 0.29) is 5.41 Å². The van der Waals surface area contributed by atoms with Crippen molar-refractivity contribution in [2.24, 2.45) is 0 Å². The van der Waals surface area contributed by atoms with E-state index in [4.69, 9.17) is 0 Å². The topological polar surface area (TPSA) is 33.1 Å². The first-order valence-electron chi connectivity index (χ1n) is 7.09. The molecule has 2 aromatic heterocycles. The molecule has 3 aromatic rings. The van der Waals surface area contributed by atoms with Crippen molar-refractivity contribution in [2.75, 3.05) is 0 Å². The van der Waals surface area contributed by atoms with Crippen LogP contribution in [0.15, 0.2) is 48.7 Å². The summed E-state index contributed by atoms with van der Waals surface area (Å²) in [7, 11) is 0. The van der Waals surface area contributed by atoms with Crippen LogP contribution in [0.5, 0.6) is 0 Å². The Morgan fingerprint density at radius 3 is 2.52 bits per heavy atom. The fourth-order valence-electron chi connectivity index (χ4n) is 2.40. The third-order valence-electron chi connectivity index (χ3n) is 3.59. The predicted molar refractivity (Wildman–Crippen MR) is 88.8 cm³/mol. The molecule has 1 N–H and O–H groups in total. The number of rotatable bonds is 2. The number of aliphatic hydroxyl groups is 1. The normalized spacial score (nSPS) is 13.5. The maximum atomic E-state index is 10.7. The number of aliphatic hydroxyl groups excluding tert-OH is 1. The fourth-order valence-corrected chi connectivity index (χ4v) is 3.48. The van der Waals surface area contributed by atoms with Crippen molar-refractivity contribution in [1.29, 1.82) is 0 Å². The number of aromatic nitrogens is 1. The first-order chi connectivity index (χ1) is 9.97. The van der Waals surface area contributed by atoms with Crippen LogP contribution < -0.4 is 0 Å². The zero-order valence-electron chi connectivity index (χ0n) is 12.5. The van der Waals surface area contributed by atoms with E-state index in [1.807, 2.05) is 36.4 Å². The molecule has 1 aromatic carbocycles. The van der Waals surface area contributed by atoms with Crippen LogP contribution in [0.25, 0.3) is 10.9 Å². The van der Waals surface area contributed by atoms with E-state index in [0.29, 0.717) is 0 Å². The molecule has 2 heterocycles. The van der Waals surface area contributed by atoms with Crippen molar-refractivity contribution in [3.63, 3.8) is 0 Å². The third-order valence-corrected chi connectivity index (χ3v) is 5.16. The van der Waals surface area contributed by atoms with Gasteiger partial charge in [-0.05, 0) is 23.6 Å². The molecule has 1 atom stereocenters. The van der Waals surface area contributed by atoms with Crippen LogP contribution >= 0.6 is 11.3 Å². The summed E-state index contributed by atoms with van der Waals surface area (Å²) in [5.41, 5.74) is 1.85. The van der Waals surface area contributed by atoms with Gasteiger partial charge in [0.25, 0.3) is 0 Å². The van der Waals surface area contributed by atoms with Crippen molar-refractivity contribution >= 4 is 22.2 Å². The van der Waals surface area contributed by atoms with E-state index in [0.717, 1.165) is 21.3 Å². The number of nitrogens with zero attached hydrogens (tertiary/aromatic N) is 1. The summed E-state index contributed by atoms with van der Waals surface area (Å²) in [6.45, 7) is 6.57. The lowest BCUT2D eigenvalue weighted by atomic mass is 9.95. The molecular formula is C18H19NOS. The predicted octanol–water partition coefficient (Wildman–Crippen LogP) is 4.68. The molecule has 0 bridgehead atoms. The van der Waals surface area contributed by atoms with Crippen LogP contribution in [-0.4, -0.2) is 10.1 Å². The summed E-state index contributed by atoms with van der Waals surface area (Å²) >= 11 is 1.67. The van der Waals surface area contributed by atoms with Gasteiger partial charge in [0.05, 0.1) is 5.52 Å². The molecule has 21 heavy (non-hydrogen) atoms. The van der Waals surface area contributed by atoms with Crippen LogP contribution in [-0.2, 0) is 5.41 Å². The Morgan fingerprint density at radius 2 is 1.81 bits per heavy atom. The standard InChI is InChI=1S/C18H19NOS/c1-18(2,3)15-10-9-14(21-15)17(20)13-8-4-6-12-7-5-11-19-16(12)13/h4-11,17,20H,1-3H3. The van der Waals surface area contributed by atoms with Crippen LogP contribution in [0.4, 0.5) is 0 Å². The van der Waals surface area contributed by atoms with Gasteiger partial charge in [0.2, 0.25) is 0 Å². The van der Waals surface area contributed by atoms with Gasteiger partial charge in [-0.1, -0.05) is 45.0 Å². The lowest BCUT2D eigenvalue weighted by molar-refractivity contribution is 0.225. The number of hydrogen-bond acceptors (Lipinski definition) is 3. The van der Waals surface area contributed by atoms with Crippen molar-refractivity contribution in [2.45, 2.75) is 32.3 Å². The molecule has 2 nitrogen and oxygen atoms in total. The van der Waals surface area contributed by atoms with E-state index in [1.54, 1.807) is 17.5 Å². The molecule has 0 aliphatic rings. The van der Waals surface area contributed by atoms with Crippen molar-refractivity contribution in [3.8, 4) is 0 Å². The van der Waals surface area contributed by atoms with E-state index < -0.39 is 6.10 Å². The molecule has 0 saturated heterocycles. The monoisotopic (exact) mass is 297 g/mol. The third kappa shape index (κ3) is 2.71. The second-order valence-electron chi connectivity index (χ2n) is 6.28. The molecule has 108 valence electrons. The SMILES string of the molecule is CC(C)(C)c1ccc(C(O)c2cccc3cccnc23)s1. The smallest absolute Gasteiger partial charge is 0.115 e. The van der Waals surface area contributed by atoms with E-state index in [9.17, 15) is 5.11 Å². The molecule has 0 aliphatic carbocycles. The summed E-state index contributed by atoms with van der Waals surface area (Å²) in [6, 6.07) is 14.0. The summed E-state index contributed by atoms with van der Waals surface area (Å²) < 4.78 is 0. The summed E-state index contributed by atoms with van der Waals surface area (Å²) in [6.07, 6.45) is 1.15. The van der Waals surface area contributed by atoms with Crippen molar-refractivity contribution in [3.05, 3.63) is 64.0 Å². The van der Waals surface area contributed by atoms with Gasteiger partial charge in [-0.15, -0.1) is 11.3 Å². The molecule has 1 unspecified atom stereocenters. The van der Waals surface area contributed by atoms with Gasteiger partial charge in [-0.2, -0.15) is 0 Å². The second-order valence-corrected chi connectivity index (χ2v) is 7.39. The summed E-state index contributed by atoms with van der Waals surface area (Å²) in [4.78, 5) is 6.68. The van der Waals surface area contributed by atoms with E-state index >= 15 is 0 Å². The molecule has 0 radical (unpaired) electrons. The maximum Gasteiger partial charge on any atom is 0.115 e. The van der Waals surface area contributed by atoms with E-state index in [1.165, 1.54) is 4.88 Å². The zero-order chi connectivity index (χ0) is 15.0. The molecule has 0 fully saturated rings. The van der Waals surface area contributed by atoms with Crippen LogP contribution in [0, 0.1) is 0 Å². The van der Waals surface area contributed by atoms with Crippen LogP contribution in [0.1, 0.15) is 42.2 Å². The minimum absolute atomic E-state index is 0.111. The molecule has 3 heteroatoms. The van der Waals surface area contributed by atoms with Gasteiger partial charge in [0.15, 0.2) is 0 Å². The Balaban J connectivity index is 2.05. The lowest BCUT2D eigenvalue weighted by Gasteiger charge is -2.16. The molecule has 3 rings (SSSR count). The highest BCUT2D eigenvalue weighted by molar-refractivity contribution is 7.12. The van der Waals surface area contributed by atoms with Gasteiger partial charge in [0.1, 0.15) is 6.10 Å². The first-order valence-corrected chi connectivity index (χ1v) is 7.90. The maximum absolute atomic E-state index is 10.7. The van der Waals surface area contributed by atoms with Gasteiger partial charge >= 0.3 is 0 Å². The quantitative estimate of drug-likeness (QED) is 0.745. The number of fused-ring (bicyclic) bond motifs is 1. The average Bonchev–Trinajstić information content (AvgIpc) is 2.96.